The number of hydrogen-bond donors (Lipinski definition) is 0. The highest BCUT2D eigenvalue weighted by Gasteiger charge is 2.20. The first kappa shape index (κ1) is 16.1. The van der Waals surface area contributed by atoms with Crippen molar-refractivity contribution in [2.75, 3.05) is 6.61 Å². The van der Waals surface area contributed by atoms with Gasteiger partial charge in [0.25, 0.3) is 0 Å². The third-order valence-corrected chi connectivity index (χ3v) is 3.40. The Bertz CT molecular complexity index is 632. The van der Waals surface area contributed by atoms with Crippen LogP contribution >= 0.6 is 0 Å². The molecule has 2 aromatic carbocycles. The van der Waals surface area contributed by atoms with Crippen LogP contribution in [-0.4, -0.2) is 18.2 Å². The Balaban J connectivity index is 2.14. The SMILES string of the molecule is CCCCOCc1ccccc1C(=O)C(=O)c1ccccc1. The van der Waals surface area contributed by atoms with Gasteiger partial charge in [0, 0.05) is 17.7 Å². The van der Waals surface area contributed by atoms with Gasteiger partial charge in [0.2, 0.25) is 11.6 Å². The lowest BCUT2D eigenvalue weighted by Gasteiger charge is -2.09. The zero-order valence-electron chi connectivity index (χ0n) is 12.7. The smallest absolute Gasteiger partial charge is 0.233 e. The maximum atomic E-state index is 12.4. The van der Waals surface area contributed by atoms with Gasteiger partial charge in [0.1, 0.15) is 0 Å². The van der Waals surface area contributed by atoms with Gasteiger partial charge in [-0.15, -0.1) is 0 Å². The summed E-state index contributed by atoms with van der Waals surface area (Å²) in [6, 6.07) is 15.8. The molecule has 3 nitrogen and oxygen atoms in total. The van der Waals surface area contributed by atoms with Crippen LogP contribution in [0.3, 0.4) is 0 Å². The Morgan fingerprint density at radius 2 is 1.59 bits per heavy atom. The first-order valence-electron chi connectivity index (χ1n) is 7.53. The zero-order valence-corrected chi connectivity index (χ0v) is 12.7. The largest absolute Gasteiger partial charge is 0.377 e. The van der Waals surface area contributed by atoms with E-state index >= 15 is 0 Å². The van der Waals surface area contributed by atoms with Crippen LogP contribution in [-0.2, 0) is 11.3 Å². The van der Waals surface area contributed by atoms with Crippen LogP contribution in [0.15, 0.2) is 54.6 Å². The van der Waals surface area contributed by atoms with Gasteiger partial charge in [-0.3, -0.25) is 9.59 Å². The van der Waals surface area contributed by atoms with E-state index in [2.05, 4.69) is 6.92 Å². The van der Waals surface area contributed by atoms with Crippen molar-refractivity contribution >= 4 is 11.6 Å². The van der Waals surface area contributed by atoms with Crippen LogP contribution in [0.1, 0.15) is 46.0 Å². The number of ether oxygens (including phenoxy) is 1. The quantitative estimate of drug-likeness (QED) is 0.419. The standard InChI is InChI=1S/C19H20O3/c1-2-3-13-22-14-16-11-7-8-12-17(16)19(21)18(20)15-9-5-4-6-10-15/h4-12H,2-3,13-14H2,1H3. The molecule has 3 heteroatoms. The van der Waals surface area contributed by atoms with Gasteiger partial charge < -0.3 is 4.74 Å². The lowest BCUT2D eigenvalue weighted by molar-refractivity contribution is 0.0811. The maximum Gasteiger partial charge on any atom is 0.233 e. The molecule has 0 aliphatic heterocycles. The fourth-order valence-corrected chi connectivity index (χ4v) is 2.14. The lowest BCUT2D eigenvalue weighted by atomic mass is 9.98. The minimum absolute atomic E-state index is 0.351. The Morgan fingerprint density at radius 3 is 2.32 bits per heavy atom. The van der Waals surface area contributed by atoms with Gasteiger partial charge in [-0.1, -0.05) is 67.9 Å². The first-order valence-corrected chi connectivity index (χ1v) is 7.53. The van der Waals surface area contributed by atoms with Gasteiger partial charge in [-0.25, -0.2) is 0 Å². The van der Waals surface area contributed by atoms with Crippen molar-refractivity contribution < 1.29 is 14.3 Å². The summed E-state index contributed by atoms with van der Waals surface area (Å²) in [5.74, 6) is -0.970. The fraction of sp³-hybridized carbons (Fsp3) is 0.263. The second kappa shape index (κ2) is 8.25. The molecule has 0 aliphatic carbocycles. The molecule has 0 heterocycles. The summed E-state index contributed by atoms with van der Waals surface area (Å²) in [5.41, 5.74) is 1.59. The van der Waals surface area contributed by atoms with E-state index in [1.54, 1.807) is 36.4 Å². The number of carbonyl (C=O) groups excluding carboxylic acids is 2. The van der Waals surface area contributed by atoms with Crippen molar-refractivity contribution in [3.63, 3.8) is 0 Å². The van der Waals surface area contributed by atoms with E-state index < -0.39 is 11.6 Å². The third-order valence-electron chi connectivity index (χ3n) is 3.40. The molecule has 2 rings (SSSR count). The van der Waals surface area contributed by atoms with Crippen LogP contribution in [0.4, 0.5) is 0 Å². The highest BCUT2D eigenvalue weighted by molar-refractivity contribution is 6.49. The van der Waals surface area contributed by atoms with Crippen LogP contribution in [0.2, 0.25) is 0 Å². The van der Waals surface area contributed by atoms with E-state index in [4.69, 9.17) is 4.74 Å². The maximum absolute atomic E-state index is 12.4. The fourth-order valence-electron chi connectivity index (χ4n) is 2.14. The van der Waals surface area contributed by atoms with Gasteiger partial charge in [-0.05, 0) is 12.0 Å². The molecular weight excluding hydrogens is 276 g/mol. The Kier molecular flexibility index (Phi) is 6.04. The predicted molar refractivity (Wildman–Crippen MR) is 86.1 cm³/mol. The number of benzene rings is 2. The first-order chi connectivity index (χ1) is 10.7. The van der Waals surface area contributed by atoms with E-state index in [0.29, 0.717) is 24.3 Å². The highest BCUT2D eigenvalue weighted by Crippen LogP contribution is 2.14. The van der Waals surface area contributed by atoms with E-state index in [0.717, 1.165) is 18.4 Å². The summed E-state index contributed by atoms with van der Waals surface area (Å²) >= 11 is 0. The number of ketones is 2. The summed E-state index contributed by atoms with van der Waals surface area (Å²) in [5, 5.41) is 0. The molecule has 0 saturated carbocycles. The number of Topliss-reactive ketones (excluding diaryl/α,β-unsaturated/α-hetero) is 2. The summed E-state index contributed by atoms with van der Waals surface area (Å²) in [6.45, 7) is 3.11. The number of rotatable bonds is 8. The summed E-state index contributed by atoms with van der Waals surface area (Å²) in [6.07, 6.45) is 2.05. The Morgan fingerprint density at radius 1 is 0.909 bits per heavy atom. The van der Waals surface area contributed by atoms with Crippen LogP contribution in [0.5, 0.6) is 0 Å². The minimum Gasteiger partial charge on any atom is -0.377 e. The van der Waals surface area contributed by atoms with Crippen LogP contribution in [0.25, 0.3) is 0 Å². The summed E-state index contributed by atoms with van der Waals surface area (Å²) < 4.78 is 5.57. The monoisotopic (exact) mass is 296 g/mol. The van der Waals surface area contributed by atoms with Gasteiger partial charge in [-0.2, -0.15) is 0 Å². The summed E-state index contributed by atoms with van der Waals surface area (Å²) in [4.78, 5) is 24.7. The van der Waals surface area contributed by atoms with E-state index in [-0.39, 0.29) is 0 Å². The van der Waals surface area contributed by atoms with Gasteiger partial charge in [0.05, 0.1) is 6.61 Å². The molecule has 0 spiro atoms. The van der Waals surface area contributed by atoms with E-state index in [9.17, 15) is 9.59 Å². The normalized spacial score (nSPS) is 10.4. The second-order valence-electron chi connectivity index (χ2n) is 5.09. The van der Waals surface area contributed by atoms with E-state index in [1.165, 1.54) is 0 Å². The molecule has 0 atom stereocenters. The van der Waals surface area contributed by atoms with Crippen molar-refractivity contribution in [1.82, 2.24) is 0 Å². The van der Waals surface area contributed by atoms with Crippen molar-refractivity contribution in [1.29, 1.82) is 0 Å². The molecule has 0 bridgehead atoms. The average Bonchev–Trinajstić information content (AvgIpc) is 2.58. The molecule has 0 fully saturated rings. The van der Waals surface area contributed by atoms with Crippen LogP contribution in [0, 0.1) is 0 Å². The molecule has 0 N–H and O–H groups in total. The molecule has 0 aliphatic rings. The second-order valence-corrected chi connectivity index (χ2v) is 5.09. The molecule has 0 saturated heterocycles. The predicted octanol–water partition coefficient (Wildman–Crippen LogP) is 4.07. The number of carbonyl (C=O) groups is 2. The molecule has 0 amide bonds. The number of unbranched alkanes of at least 4 members (excludes halogenated alkanes) is 1. The molecule has 0 radical (unpaired) electrons. The average molecular weight is 296 g/mol. The Labute approximate surface area is 130 Å². The Hall–Kier alpha value is -2.26. The molecule has 0 unspecified atom stereocenters. The molecular formula is C19H20O3. The van der Waals surface area contributed by atoms with E-state index in [1.807, 2.05) is 18.2 Å². The zero-order chi connectivity index (χ0) is 15.8. The lowest BCUT2D eigenvalue weighted by Crippen LogP contribution is -2.16. The molecule has 114 valence electrons. The molecule has 2 aromatic rings. The minimum atomic E-state index is -0.485. The van der Waals surface area contributed by atoms with Crippen molar-refractivity contribution in [2.24, 2.45) is 0 Å². The highest BCUT2D eigenvalue weighted by atomic mass is 16.5. The van der Waals surface area contributed by atoms with Gasteiger partial charge in [0.15, 0.2) is 0 Å². The van der Waals surface area contributed by atoms with Crippen molar-refractivity contribution in [3.05, 3.63) is 71.3 Å². The topological polar surface area (TPSA) is 43.4 Å². The van der Waals surface area contributed by atoms with Crippen LogP contribution < -0.4 is 0 Å². The molecule has 0 aromatic heterocycles. The van der Waals surface area contributed by atoms with Crippen molar-refractivity contribution in [3.8, 4) is 0 Å². The van der Waals surface area contributed by atoms with Crippen molar-refractivity contribution in [2.45, 2.75) is 26.4 Å². The number of hydrogen-bond acceptors (Lipinski definition) is 3. The third kappa shape index (κ3) is 4.12. The summed E-state index contributed by atoms with van der Waals surface area (Å²) in [7, 11) is 0. The van der Waals surface area contributed by atoms with Gasteiger partial charge >= 0.3 is 0 Å². The molecule has 22 heavy (non-hydrogen) atoms.